The molecule has 1 fully saturated rings. The maximum absolute atomic E-state index is 11.9. The molecule has 1 aliphatic rings. The van der Waals surface area contributed by atoms with Crippen molar-refractivity contribution >= 4 is 12.0 Å². The number of aliphatic carboxylic acids is 1. The molecule has 0 aromatic rings. The number of carbonyl (C=O) groups excluding carboxylic acids is 1. The number of rotatable bonds is 6. The zero-order valence-electron chi connectivity index (χ0n) is 12.9. The average molecular weight is 284 g/mol. The van der Waals surface area contributed by atoms with Crippen LogP contribution in [0.4, 0.5) is 4.79 Å². The molecule has 0 spiro atoms. The molecule has 1 rings (SSSR count). The number of carboxylic acid groups (broad SMARTS) is 1. The summed E-state index contributed by atoms with van der Waals surface area (Å²) in [5, 5.41) is 14.5. The van der Waals surface area contributed by atoms with Crippen LogP contribution >= 0.6 is 0 Å². The van der Waals surface area contributed by atoms with Crippen LogP contribution in [0.15, 0.2) is 0 Å². The van der Waals surface area contributed by atoms with Crippen molar-refractivity contribution in [1.29, 1.82) is 0 Å². The zero-order chi connectivity index (χ0) is 15.2. The van der Waals surface area contributed by atoms with Gasteiger partial charge in [-0.25, -0.2) is 4.79 Å². The molecule has 0 bridgehead atoms. The highest BCUT2D eigenvalue weighted by molar-refractivity contribution is 5.74. The van der Waals surface area contributed by atoms with E-state index in [2.05, 4.69) is 17.6 Å². The molecule has 0 aromatic carbocycles. The fraction of sp³-hybridized carbons (Fsp3) is 0.867. The van der Waals surface area contributed by atoms with E-state index in [1.165, 1.54) is 25.7 Å². The van der Waals surface area contributed by atoms with Crippen molar-refractivity contribution in [1.82, 2.24) is 10.6 Å². The summed E-state index contributed by atoms with van der Waals surface area (Å²) in [6.07, 6.45) is 5.47. The van der Waals surface area contributed by atoms with E-state index in [1.807, 2.05) is 13.8 Å². The Morgan fingerprint density at radius 2 is 1.90 bits per heavy atom. The third kappa shape index (κ3) is 6.26. The second-order valence-electron chi connectivity index (χ2n) is 6.63. The molecule has 5 heteroatoms. The predicted molar refractivity (Wildman–Crippen MR) is 78.6 cm³/mol. The van der Waals surface area contributed by atoms with E-state index >= 15 is 0 Å². The van der Waals surface area contributed by atoms with Crippen LogP contribution in [-0.4, -0.2) is 29.2 Å². The van der Waals surface area contributed by atoms with Crippen molar-refractivity contribution < 1.29 is 14.7 Å². The number of hydrogen-bond acceptors (Lipinski definition) is 2. The highest BCUT2D eigenvalue weighted by atomic mass is 16.4. The summed E-state index contributed by atoms with van der Waals surface area (Å²) < 4.78 is 0. The van der Waals surface area contributed by atoms with Crippen LogP contribution in [0.3, 0.4) is 0 Å². The van der Waals surface area contributed by atoms with Gasteiger partial charge in [-0.3, -0.25) is 4.79 Å². The van der Waals surface area contributed by atoms with Crippen LogP contribution in [0.5, 0.6) is 0 Å². The lowest BCUT2D eigenvalue weighted by atomic mass is 9.80. The Kier molecular flexibility index (Phi) is 6.30. The number of amides is 2. The van der Waals surface area contributed by atoms with Crippen LogP contribution in [-0.2, 0) is 4.79 Å². The molecule has 3 N–H and O–H groups in total. The third-order valence-corrected chi connectivity index (χ3v) is 4.23. The Balaban J connectivity index is 2.29. The van der Waals surface area contributed by atoms with Crippen LogP contribution in [0, 0.1) is 11.8 Å². The van der Waals surface area contributed by atoms with Gasteiger partial charge in [0.05, 0.1) is 0 Å². The van der Waals surface area contributed by atoms with Crippen molar-refractivity contribution in [3.63, 3.8) is 0 Å². The molecule has 0 saturated heterocycles. The number of carbonyl (C=O) groups is 2. The van der Waals surface area contributed by atoms with Crippen LogP contribution < -0.4 is 10.6 Å². The number of urea groups is 1. The van der Waals surface area contributed by atoms with Crippen molar-refractivity contribution in [2.24, 2.45) is 11.8 Å². The fourth-order valence-electron chi connectivity index (χ4n) is 2.75. The van der Waals surface area contributed by atoms with Crippen molar-refractivity contribution in [3.05, 3.63) is 0 Å². The van der Waals surface area contributed by atoms with Gasteiger partial charge in [0.1, 0.15) is 0 Å². The smallest absolute Gasteiger partial charge is 0.315 e. The molecule has 0 heterocycles. The fourth-order valence-corrected chi connectivity index (χ4v) is 2.75. The SMILES string of the molecule is CC1CCCCC1CNC(=O)NC(C)(C)CCC(=O)O. The van der Waals surface area contributed by atoms with Gasteiger partial charge in [-0.15, -0.1) is 0 Å². The monoisotopic (exact) mass is 284 g/mol. The van der Waals surface area contributed by atoms with Gasteiger partial charge in [0.2, 0.25) is 0 Å². The summed E-state index contributed by atoms with van der Waals surface area (Å²) in [5.74, 6) is 0.400. The first-order valence-electron chi connectivity index (χ1n) is 7.58. The topological polar surface area (TPSA) is 78.4 Å². The van der Waals surface area contributed by atoms with Gasteiger partial charge in [0.25, 0.3) is 0 Å². The predicted octanol–water partition coefficient (Wildman–Crippen LogP) is 2.76. The van der Waals surface area contributed by atoms with E-state index in [1.54, 1.807) is 0 Å². The molecule has 20 heavy (non-hydrogen) atoms. The Labute approximate surface area is 121 Å². The van der Waals surface area contributed by atoms with Gasteiger partial charge >= 0.3 is 12.0 Å². The van der Waals surface area contributed by atoms with E-state index < -0.39 is 11.5 Å². The summed E-state index contributed by atoms with van der Waals surface area (Å²) in [5.41, 5.74) is -0.499. The average Bonchev–Trinajstić information content (AvgIpc) is 2.35. The molecule has 2 unspecified atom stereocenters. The quantitative estimate of drug-likeness (QED) is 0.701. The van der Waals surface area contributed by atoms with E-state index in [0.717, 1.165) is 0 Å². The zero-order valence-corrected chi connectivity index (χ0v) is 12.9. The Morgan fingerprint density at radius 3 is 2.50 bits per heavy atom. The molecule has 2 amide bonds. The lowest BCUT2D eigenvalue weighted by molar-refractivity contribution is -0.137. The molecular formula is C15H28N2O3. The molecule has 0 aromatic heterocycles. The summed E-state index contributed by atoms with van der Waals surface area (Å²) >= 11 is 0. The lowest BCUT2D eigenvalue weighted by Gasteiger charge is -2.30. The largest absolute Gasteiger partial charge is 0.481 e. The Morgan fingerprint density at radius 1 is 1.25 bits per heavy atom. The minimum Gasteiger partial charge on any atom is -0.481 e. The van der Waals surface area contributed by atoms with E-state index in [0.29, 0.717) is 24.8 Å². The summed E-state index contributed by atoms with van der Waals surface area (Å²) in [6.45, 7) is 6.65. The molecule has 0 aliphatic heterocycles. The van der Waals surface area contributed by atoms with Crippen LogP contribution in [0.2, 0.25) is 0 Å². The van der Waals surface area contributed by atoms with Gasteiger partial charge in [-0.1, -0.05) is 26.2 Å². The van der Waals surface area contributed by atoms with E-state index in [9.17, 15) is 9.59 Å². The highest BCUT2D eigenvalue weighted by Gasteiger charge is 2.24. The van der Waals surface area contributed by atoms with Crippen molar-refractivity contribution in [2.75, 3.05) is 6.54 Å². The van der Waals surface area contributed by atoms with Gasteiger partial charge in [-0.2, -0.15) is 0 Å². The first-order valence-corrected chi connectivity index (χ1v) is 7.58. The van der Waals surface area contributed by atoms with Crippen LogP contribution in [0.25, 0.3) is 0 Å². The van der Waals surface area contributed by atoms with Gasteiger partial charge in [0, 0.05) is 18.5 Å². The Hall–Kier alpha value is -1.26. The van der Waals surface area contributed by atoms with Gasteiger partial charge in [0.15, 0.2) is 0 Å². The lowest BCUT2D eigenvalue weighted by Crippen LogP contribution is -2.49. The highest BCUT2D eigenvalue weighted by Crippen LogP contribution is 2.28. The molecule has 1 saturated carbocycles. The molecule has 0 radical (unpaired) electrons. The first kappa shape index (κ1) is 16.8. The van der Waals surface area contributed by atoms with Gasteiger partial charge in [-0.05, 0) is 38.5 Å². The molecule has 1 aliphatic carbocycles. The van der Waals surface area contributed by atoms with E-state index in [4.69, 9.17) is 5.11 Å². The summed E-state index contributed by atoms with van der Waals surface area (Å²) in [6, 6.07) is -0.196. The Bertz CT molecular complexity index is 342. The van der Waals surface area contributed by atoms with Gasteiger partial charge < -0.3 is 15.7 Å². The number of nitrogens with one attached hydrogen (secondary N) is 2. The summed E-state index contributed by atoms with van der Waals surface area (Å²) in [4.78, 5) is 22.5. The molecule has 2 atom stereocenters. The third-order valence-electron chi connectivity index (χ3n) is 4.23. The second-order valence-corrected chi connectivity index (χ2v) is 6.63. The summed E-state index contributed by atoms with van der Waals surface area (Å²) in [7, 11) is 0. The number of hydrogen-bond donors (Lipinski definition) is 3. The van der Waals surface area contributed by atoms with Crippen molar-refractivity contribution in [3.8, 4) is 0 Å². The van der Waals surface area contributed by atoms with Crippen molar-refractivity contribution in [2.45, 2.75) is 64.8 Å². The number of carboxylic acids is 1. The maximum atomic E-state index is 11.9. The minimum atomic E-state index is -0.837. The standard InChI is InChI=1S/C15H28N2O3/c1-11-6-4-5-7-12(11)10-16-14(20)17-15(2,3)9-8-13(18)19/h11-12H,4-10H2,1-3H3,(H,18,19)(H2,16,17,20). The normalized spacial score (nSPS) is 23.1. The second kappa shape index (κ2) is 7.50. The molecular weight excluding hydrogens is 256 g/mol. The first-order chi connectivity index (χ1) is 9.30. The maximum Gasteiger partial charge on any atom is 0.315 e. The van der Waals surface area contributed by atoms with Crippen LogP contribution in [0.1, 0.15) is 59.3 Å². The minimum absolute atomic E-state index is 0.0624. The van der Waals surface area contributed by atoms with E-state index in [-0.39, 0.29) is 12.5 Å². The molecule has 5 nitrogen and oxygen atoms in total. The molecule has 116 valence electrons.